The molecule has 0 saturated carbocycles. The molecule has 51 valence electrons. The first kappa shape index (κ1) is 5.71. The fourth-order valence-electron chi connectivity index (χ4n) is 1.26. The van der Waals surface area contributed by atoms with Crippen LogP contribution in [0.1, 0.15) is 6.42 Å². The zero-order chi connectivity index (χ0) is 6.81. The van der Waals surface area contributed by atoms with Gasteiger partial charge in [-0.15, -0.1) is 0 Å². The highest BCUT2D eigenvalue weighted by molar-refractivity contribution is 6.03. The first-order chi connectivity index (χ1) is 4.97. The van der Waals surface area contributed by atoms with Gasteiger partial charge in [-0.1, -0.05) is 0 Å². The standard InChI is InChI=1S/C8H10N2/c1-2-7-6-9-5-3-8(7)10-4-1/h1-2,6,9H,3-5H2/q+1. The lowest BCUT2D eigenvalue weighted by Gasteiger charge is -2.08. The largest absolute Gasteiger partial charge is 0.390 e. The molecule has 2 heteroatoms. The van der Waals surface area contributed by atoms with E-state index in [0.29, 0.717) is 0 Å². The smallest absolute Gasteiger partial charge is 0.257 e. The molecule has 2 heterocycles. The minimum absolute atomic E-state index is 0.868. The van der Waals surface area contributed by atoms with Gasteiger partial charge >= 0.3 is 0 Å². The van der Waals surface area contributed by atoms with E-state index in [-0.39, 0.29) is 0 Å². The first-order valence-electron chi connectivity index (χ1n) is 3.60. The van der Waals surface area contributed by atoms with Crippen molar-refractivity contribution >= 4 is 5.71 Å². The number of rotatable bonds is 0. The van der Waals surface area contributed by atoms with Crippen molar-refractivity contribution in [2.24, 2.45) is 0 Å². The molecule has 2 aliphatic rings. The number of fused-ring (bicyclic) bond motifs is 1. The van der Waals surface area contributed by atoms with Crippen molar-refractivity contribution in [3.05, 3.63) is 23.9 Å². The van der Waals surface area contributed by atoms with E-state index in [1.807, 2.05) is 6.20 Å². The Hall–Kier alpha value is -1.05. The van der Waals surface area contributed by atoms with Crippen LogP contribution in [0.3, 0.4) is 0 Å². The van der Waals surface area contributed by atoms with Crippen molar-refractivity contribution in [3.8, 4) is 0 Å². The van der Waals surface area contributed by atoms with Crippen LogP contribution in [0.25, 0.3) is 0 Å². The van der Waals surface area contributed by atoms with Crippen molar-refractivity contribution in [3.63, 3.8) is 0 Å². The number of hydrogen-bond donors (Lipinski definition) is 1. The summed E-state index contributed by atoms with van der Waals surface area (Å²) in [6.45, 7) is 1.91. The van der Waals surface area contributed by atoms with Gasteiger partial charge in [-0.25, -0.2) is 0 Å². The predicted octanol–water partition coefficient (Wildman–Crippen LogP) is 0.210. The van der Waals surface area contributed by atoms with Crippen LogP contribution >= 0.6 is 0 Å². The van der Waals surface area contributed by atoms with E-state index in [4.69, 9.17) is 0 Å². The Labute approximate surface area is 60.3 Å². The molecule has 0 spiro atoms. The maximum Gasteiger partial charge on any atom is 0.257 e. The predicted molar refractivity (Wildman–Crippen MR) is 41.9 cm³/mol. The number of hydrogen-bond acceptors (Lipinski definition) is 2. The molecule has 0 aromatic carbocycles. The van der Waals surface area contributed by atoms with Gasteiger partial charge in [0, 0.05) is 17.7 Å². The van der Waals surface area contributed by atoms with Crippen molar-refractivity contribution in [1.82, 2.24) is 10.3 Å². The summed E-state index contributed by atoms with van der Waals surface area (Å²) >= 11 is 0. The van der Waals surface area contributed by atoms with E-state index in [2.05, 4.69) is 22.5 Å². The van der Waals surface area contributed by atoms with E-state index in [0.717, 1.165) is 19.5 Å². The number of allylic oxidation sites excluding steroid dienone is 2. The molecule has 2 nitrogen and oxygen atoms in total. The van der Waals surface area contributed by atoms with Gasteiger partial charge in [-0.05, 0) is 12.2 Å². The van der Waals surface area contributed by atoms with E-state index >= 15 is 0 Å². The normalized spacial score (nSPS) is 22.4. The molecule has 0 unspecified atom stereocenters. The molecule has 0 aliphatic carbocycles. The molecule has 0 aromatic heterocycles. The molecule has 1 N–H and O–H groups in total. The molecule has 0 aromatic rings. The van der Waals surface area contributed by atoms with Gasteiger partial charge in [0.1, 0.15) is 0 Å². The number of nitrogens with one attached hydrogen (secondary N) is 1. The molecule has 0 saturated heterocycles. The van der Waals surface area contributed by atoms with Gasteiger partial charge in [0.25, 0.3) is 5.71 Å². The van der Waals surface area contributed by atoms with Crippen LogP contribution in [0.2, 0.25) is 0 Å². The van der Waals surface area contributed by atoms with E-state index < -0.39 is 0 Å². The monoisotopic (exact) mass is 134 g/mol. The Morgan fingerprint density at radius 3 is 3.40 bits per heavy atom. The summed E-state index contributed by atoms with van der Waals surface area (Å²) < 4.78 is 0. The van der Waals surface area contributed by atoms with E-state index in [1.54, 1.807) is 0 Å². The Kier molecular flexibility index (Phi) is 1.31. The molecule has 0 fully saturated rings. The Balaban J connectivity index is 2.32. The fraction of sp³-hybridized carbons (Fsp3) is 0.375. The third-order valence-electron chi connectivity index (χ3n) is 1.78. The topological polar surface area (TPSA) is 26.1 Å². The quantitative estimate of drug-likeness (QED) is 0.503. The summed E-state index contributed by atoms with van der Waals surface area (Å²) in [5, 5.41) is 3.19. The summed E-state index contributed by atoms with van der Waals surface area (Å²) in [6.07, 6.45) is 7.34. The highest BCUT2D eigenvalue weighted by Crippen LogP contribution is 2.07. The number of aliphatic imine (C=N–C) groups is 1. The summed E-state index contributed by atoms with van der Waals surface area (Å²) in [7, 11) is 0. The van der Waals surface area contributed by atoms with Crippen LogP contribution in [-0.2, 0) is 0 Å². The van der Waals surface area contributed by atoms with Crippen molar-refractivity contribution in [2.45, 2.75) is 6.42 Å². The summed E-state index contributed by atoms with van der Waals surface area (Å²) in [4.78, 5) is 4.37. The first-order valence-corrected chi connectivity index (χ1v) is 3.60. The van der Waals surface area contributed by atoms with E-state index in [9.17, 15) is 0 Å². The van der Waals surface area contributed by atoms with Crippen LogP contribution in [0.5, 0.6) is 0 Å². The number of nitrogens with zero attached hydrogens (tertiary/aromatic N) is 1. The van der Waals surface area contributed by atoms with Crippen LogP contribution < -0.4 is 10.3 Å². The zero-order valence-corrected chi connectivity index (χ0v) is 5.80. The third kappa shape index (κ3) is 0.856. The minimum Gasteiger partial charge on any atom is -0.390 e. The highest BCUT2D eigenvalue weighted by atomic mass is 14.9. The average Bonchev–Trinajstić information content (AvgIpc) is 2.05. The molecule has 0 bridgehead atoms. The molecule has 2 aliphatic heterocycles. The van der Waals surface area contributed by atoms with Crippen LogP contribution in [-0.4, -0.2) is 18.8 Å². The fourth-order valence-corrected chi connectivity index (χ4v) is 1.26. The van der Waals surface area contributed by atoms with Crippen LogP contribution in [0.4, 0.5) is 0 Å². The lowest BCUT2D eigenvalue weighted by Crippen LogP contribution is -2.26. The summed E-state index contributed by atoms with van der Waals surface area (Å²) in [5.41, 5.74) is 2.53. The van der Waals surface area contributed by atoms with Gasteiger partial charge < -0.3 is 5.32 Å². The molecule has 0 amide bonds. The van der Waals surface area contributed by atoms with Gasteiger partial charge in [0.2, 0.25) is 6.54 Å². The third-order valence-corrected chi connectivity index (χ3v) is 1.78. The Bertz CT molecular complexity index is 223. The van der Waals surface area contributed by atoms with Crippen molar-refractivity contribution in [2.75, 3.05) is 13.1 Å². The second-order valence-electron chi connectivity index (χ2n) is 2.49. The second-order valence-corrected chi connectivity index (χ2v) is 2.49. The highest BCUT2D eigenvalue weighted by Gasteiger charge is 2.20. The second kappa shape index (κ2) is 2.29. The van der Waals surface area contributed by atoms with Gasteiger partial charge in [-0.3, -0.25) is 0 Å². The minimum atomic E-state index is 0.868. The van der Waals surface area contributed by atoms with Crippen LogP contribution in [0.15, 0.2) is 23.9 Å². The summed E-state index contributed by atoms with van der Waals surface area (Å²) in [5.74, 6) is 0. The van der Waals surface area contributed by atoms with Gasteiger partial charge in [0.05, 0.1) is 12.0 Å². The van der Waals surface area contributed by atoms with E-state index in [1.165, 1.54) is 11.3 Å². The lowest BCUT2D eigenvalue weighted by atomic mass is 10.0. The van der Waals surface area contributed by atoms with Gasteiger partial charge in [0.15, 0.2) is 0 Å². The van der Waals surface area contributed by atoms with Gasteiger partial charge in [-0.2, -0.15) is 0 Å². The zero-order valence-electron chi connectivity index (χ0n) is 5.80. The maximum absolute atomic E-state index is 4.37. The maximum atomic E-state index is 4.37. The molecule has 2 rings (SSSR count). The summed E-state index contributed by atoms with van der Waals surface area (Å²) in [6, 6.07) is 0. The molecule has 1 radical (unpaired) electrons. The molecular formula is C8H10N2+. The Morgan fingerprint density at radius 1 is 1.50 bits per heavy atom. The molecule has 0 atom stereocenters. The van der Waals surface area contributed by atoms with Crippen LogP contribution in [0, 0.1) is 0 Å². The molecule has 10 heavy (non-hydrogen) atoms. The molecular weight excluding hydrogens is 124 g/mol. The lowest BCUT2D eigenvalue weighted by molar-refractivity contribution is 0.834. The number of dihydropyridines is 1. The van der Waals surface area contributed by atoms with Crippen molar-refractivity contribution in [1.29, 1.82) is 0 Å². The van der Waals surface area contributed by atoms with Crippen molar-refractivity contribution < 1.29 is 0 Å². The average molecular weight is 134 g/mol. The SMILES string of the molecule is C1=CC2=CNCCC2=[N+]C1. The Morgan fingerprint density at radius 2 is 2.50 bits per heavy atom.